The number of hydrogen-bond donors (Lipinski definition) is 0. The zero-order valence-electron chi connectivity index (χ0n) is 17.4. The first-order valence-corrected chi connectivity index (χ1v) is 12.3. The molecule has 0 amide bonds. The summed E-state index contributed by atoms with van der Waals surface area (Å²) in [6.07, 6.45) is 4.96. The Kier molecular flexibility index (Phi) is 7.34. The molecule has 3 aromatic carbocycles. The van der Waals surface area contributed by atoms with Gasteiger partial charge in [-0.25, -0.2) is 0 Å². The molecule has 0 unspecified atom stereocenters. The van der Waals surface area contributed by atoms with E-state index in [1.54, 1.807) is 0 Å². The Hall–Kier alpha value is -3.12. The van der Waals surface area contributed by atoms with E-state index in [0.29, 0.717) is 0 Å². The Morgan fingerprint density at radius 3 is 2.39 bits per heavy atom. The van der Waals surface area contributed by atoms with Crippen molar-refractivity contribution in [3.05, 3.63) is 102 Å². The number of aromatic nitrogens is 1. The molecule has 4 rings (SSSR count). The Balaban J connectivity index is 1.43. The normalized spacial score (nSPS) is 11.5. The molecule has 0 aliphatic rings. The van der Waals surface area contributed by atoms with Gasteiger partial charge in [0.2, 0.25) is 0 Å². The van der Waals surface area contributed by atoms with Gasteiger partial charge in [0.05, 0.1) is 0 Å². The maximum absolute atomic E-state index is 9.44. The van der Waals surface area contributed by atoms with Gasteiger partial charge in [0.15, 0.2) is 0 Å². The minimum atomic E-state index is 0.245. The number of fused-ring (bicyclic) bond motifs is 1. The molecule has 0 spiro atoms. The SMILES string of the molecule is N#Cc1cn(CCCC(=NCCc2ccccc2)[Se]c2ccccc2)c2ccccc12. The van der Waals surface area contributed by atoms with Gasteiger partial charge in [-0.05, 0) is 0 Å². The quantitative estimate of drug-likeness (QED) is 0.252. The summed E-state index contributed by atoms with van der Waals surface area (Å²) in [5.74, 6) is 0. The molecule has 0 bridgehead atoms. The molecule has 0 aliphatic carbocycles. The van der Waals surface area contributed by atoms with Crippen molar-refractivity contribution in [2.45, 2.75) is 25.8 Å². The molecule has 4 heteroatoms. The Morgan fingerprint density at radius 1 is 0.903 bits per heavy atom. The van der Waals surface area contributed by atoms with Gasteiger partial charge in [-0.3, -0.25) is 0 Å². The Morgan fingerprint density at radius 2 is 1.61 bits per heavy atom. The summed E-state index contributed by atoms with van der Waals surface area (Å²) < 4.78 is 4.89. The second-order valence-corrected chi connectivity index (χ2v) is 9.80. The number of para-hydroxylation sites is 1. The Labute approximate surface area is 190 Å². The molecule has 31 heavy (non-hydrogen) atoms. The Bertz CT molecular complexity index is 1190. The molecule has 0 aliphatic heterocycles. The molecule has 0 saturated heterocycles. The predicted molar refractivity (Wildman–Crippen MR) is 130 cm³/mol. The molecule has 1 heterocycles. The van der Waals surface area contributed by atoms with Gasteiger partial charge in [-0.2, -0.15) is 0 Å². The van der Waals surface area contributed by atoms with E-state index in [-0.39, 0.29) is 15.0 Å². The van der Waals surface area contributed by atoms with Crippen molar-refractivity contribution in [1.29, 1.82) is 5.26 Å². The molecule has 0 saturated carbocycles. The van der Waals surface area contributed by atoms with Gasteiger partial charge >= 0.3 is 190 Å². The molecule has 0 atom stereocenters. The van der Waals surface area contributed by atoms with Gasteiger partial charge in [0.1, 0.15) is 0 Å². The summed E-state index contributed by atoms with van der Waals surface area (Å²) in [6.45, 7) is 1.73. The van der Waals surface area contributed by atoms with E-state index >= 15 is 0 Å². The first-order valence-electron chi connectivity index (χ1n) is 10.6. The van der Waals surface area contributed by atoms with Crippen molar-refractivity contribution in [3.63, 3.8) is 0 Å². The molecule has 0 radical (unpaired) electrons. The van der Waals surface area contributed by atoms with Crippen molar-refractivity contribution in [3.8, 4) is 6.07 Å². The van der Waals surface area contributed by atoms with Crippen LogP contribution in [0.5, 0.6) is 0 Å². The van der Waals surface area contributed by atoms with Gasteiger partial charge in [0, 0.05) is 0 Å². The summed E-state index contributed by atoms with van der Waals surface area (Å²) in [7, 11) is 0. The van der Waals surface area contributed by atoms with Crippen LogP contribution in [0.4, 0.5) is 0 Å². The fraction of sp³-hybridized carbons (Fsp3) is 0.185. The third-order valence-electron chi connectivity index (χ3n) is 5.21. The molecular weight excluding hydrogens is 445 g/mol. The molecule has 154 valence electrons. The molecule has 0 N–H and O–H groups in total. The van der Waals surface area contributed by atoms with E-state index < -0.39 is 0 Å². The van der Waals surface area contributed by atoms with Crippen LogP contribution in [-0.4, -0.2) is 30.7 Å². The van der Waals surface area contributed by atoms with Crippen molar-refractivity contribution in [2.75, 3.05) is 6.54 Å². The number of nitriles is 1. The molecule has 3 nitrogen and oxygen atoms in total. The van der Waals surface area contributed by atoms with Crippen molar-refractivity contribution in [1.82, 2.24) is 4.57 Å². The summed E-state index contributed by atoms with van der Waals surface area (Å²) in [6, 6.07) is 31.7. The van der Waals surface area contributed by atoms with E-state index in [9.17, 15) is 5.26 Å². The van der Waals surface area contributed by atoms with Gasteiger partial charge in [0.25, 0.3) is 0 Å². The molecular formula is C27H25N3Se. The average Bonchev–Trinajstić information content (AvgIpc) is 3.18. The van der Waals surface area contributed by atoms with Gasteiger partial charge < -0.3 is 0 Å². The fourth-order valence-corrected chi connectivity index (χ4v) is 5.69. The second kappa shape index (κ2) is 10.8. The number of aryl methyl sites for hydroxylation is 1. The van der Waals surface area contributed by atoms with Crippen molar-refractivity contribution < 1.29 is 0 Å². The van der Waals surface area contributed by atoms with Crippen LogP contribution in [0.1, 0.15) is 24.0 Å². The van der Waals surface area contributed by atoms with Crippen LogP contribution in [0.3, 0.4) is 0 Å². The number of hydrogen-bond acceptors (Lipinski definition) is 2. The maximum atomic E-state index is 9.44. The fourth-order valence-electron chi connectivity index (χ4n) is 3.66. The van der Waals surface area contributed by atoms with Crippen LogP contribution < -0.4 is 4.46 Å². The summed E-state index contributed by atoms with van der Waals surface area (Å²) in [5, 5.41) is 10.5. The van der Waals surface area contributed by atoms with Crippen LogP contribution in [-0.2, 0) is 13.0 Å². The number of benzene rings is 3. The summed E-state index contributed by atoms with van der Waals surface area (Å²) in [5.41, 5.74) is 3.22. The third-order valence-corrected chi connectivity index (χ3v) is 7.47. The zero-order valence-corrected chi connectivity index (χ0v) is 19.2. The minimum absolute atomic E-state index is 0.245. The van der Waals surface area contributed by atoms with E-state index in [2.05, 4.69) is 77.4 Å². The van der Waals surface area contributed by atoms with Crippen LogP contribution in [0.25, 0.3) is 10.9 Å². The average molecular weight is 470 g/mol. The summed E-state index contributed by atoms with van der Waals surface area (Å²) in [4.78, 5) is 5.01. The van der Waals surface area contributed by atoms with Crippen LogP contribution in [0, 0.1) is 11.3 Å². The van der Waals surface area contributed by atoms with E-state index in [1.807, 2.05) is 24.4 Å². The standard InChI is InChI=1S/C27H25N3Se/c28-20-23-21-30(26-15-8-7-14-25(23)26)19-9-16-27(31-24-12-5-2-6-13-24)29-18-17-22-10-3-1-4-11-22/h1-8,10-15,21H,9,16-19H2. The first kappa shape index (κ1) is 21.1. The topological polar surface area (TPSA) is 41.1 Å². The number of rotatable bonds is 9. The monoisotopic (exact) mass is 471 g/mol. The van der Waals surface area contributed by atoms with Gasteiger partial charge in [-0.15, -0.1) is 0 Å². The number of aliphatic imine (C=N–C) groups is 1. The van der Waals surface area contributed by atoms with Crippen molar-refractivity contribution >= 4 is 34.9 Å². The van der Waals surface area contributed by atoms with Crippen molar-refractivity contribution in [2.24, 2.45) is 4.99 Å². The van der Waals surface area contributed by atoms with E-state index in [1.165, 1.54) is 14.6 Å². The second-order valence-electron chi connectivity index (χ2n) is 7.39. The third kappa shape index (κ3) is 5.73. The van der Waals surface area contributed by atoms with E-state index in [4.69, 9.17) is 4.99 Å². The summed E-state index contributed by atoms with van der Waals surface area (Å²) >= 11 is 0.245. The first-order chi connectivity index (χ1) is 15.3. The van der Waals surface area contributed by atoms with Crippen LogP contribution >= 0.6 is 0 Å². The zero-order chi connectivity index (χ0) is 21.3. The van der Waals surface area contributed by atoms with Crippen LogP contribution in [0.15, 0.2) is 96.1 Å². The predicted octanol–water partition coefficient (Wildman–Crippen LogP) is 4.96. The molecule has 1 aromatic heterocycles. The molecule has 0 fully saturated rings. The van der Waals surface area contributed by atoms with Crippen LogP contribution in [0.2, 0.25) is 0 Å². The van der Waals surface area contributed by atoms with Gasteiger partial charge in [-0.1, -0.05) is 0 Å². The number of nitrogens with zero attached hydrogens (tertiary/aromatic N) is 3. The molecule has 4 aromatic rings. The van der Waals surface area contributed by atoms with E-state index in [0.717, 1.165) is 48.8 Å².